The molecule has 1 nitrogen and oxygen atoms in total. The van der Waals surface area contributed by atoms with Crippen LogP contribution in [0, 0.1) is 0 Å². The molecular weight excluding hydrogens is 516 g/mol. The van der Waals surface area contributed by atoms with Gasteiger partial charge in [0.2, 0.25) is 0 Å². The summed E-state index contributed by atoms with van der Waals surface area (Å²) in [5.74, 6) is 0. The molecule has 3 heteroatoms. The van der Waals surface area contributed by atoms with Crippen molar-refractivity contribution >= 4 is 0 Å². The van der Waals surface area contributed by atoms with Gasteiger partial charge in [0.1, 0.15) is 0 Å². The fourth-order valence-corrected chi connectivity index (χ4v) is 6.29. The maximum absolute atomic E-state index is 2.47. The van der Waals surface area contributed by atoms with Crippen LogP contribution in [-0.4, -0.2) is 31.7 Å². The van der Waals surface area contributed by atoms with Crippen LogP contribution in [-0.2, 0) is 0 Å². The zero-order valence-corrected chi connectivity index (χ0v) is 34.5. The van der Waals surface area contributed by atoms with Crippen molar-refractivity contribution in [2.24, 2.45) is 0 Å². The van der Waals surface area contributed by atoms with Gasteiger partial charge in [-0.25, -0.2) is 0 Å². The van der Waals surface area contributed by atoms with Crippen LogP contribution < -0.4 is 59.1 Å². The Morgan fingerprint density at radius 2 is 0.415 bits per heavy atom. The van der Waals surface area contributed by atoms with Crippen molar-refractivity contribution < 1.29 is 65.0 Å². The minimum atomic E-state index is 0. The Hall–Kier alpha value is 1.96. The molecule has 0 aliphatic carbocycles. The predicted molar refractivity (Wildman–Crippen MR) is 182 cm³/mol. The van der Waals surface area contributed by atoms with E-state index >= 15 is 0 Å². The van der Waals surface area contributed by atoms with E-state index in [1.54, 1.807) is 0 Å². The van der Waals surface area contributed by atoms with Gasteiger partial charge in [-0.1, -0.05) is 194 Å². The molecule has 0 unspecified atom stereocenters. The Morgan fingerprint density at radius 1 is 0.268 bits per heavy atom. The first-order chi connectivity index (χ1) is 19.1. The number of nitrogens with zero attached hydrogens (tertiary/aromatic N) is 1. The minimum Gasteiger partial charge on any atom is -0.328 e. The Bertz CT molecular complexity index is 409. The van der Waals surface area contributed by atoms with Crippen molar-refractivity contribution in [3.63, 3.8) is 0 Å². The molecule has 0 saturated heterocycles. The molecule has 0 aromatic carbocycles. The largest absolute Gasteiger partial charge is 1.00 e. The Labute approximate surface area is 309 Å². The molecule has 0 amide bonds. The van der Waals surface area contributed by atoms with Gasteiger partial charge >= 0.3 is 60.5 Å². The molecule has 0 atom stereocenters. The second-order valence-electron chi connectivity index (χ2n) is 14.0. The van der Waals surface area contributed by atoms with Crippen molar-refractivity contribution in [2.75, 3.05) is 27.2 Å². The fraction of sp³-hybridized carbons (Fsp3) is 1.00. The maximum atomic E-state index is 2.47. The zero-order chi connectivity index (χ0) is 28.5. The van der Waals surface area contributed by atoms with Crippen LogP contribution in [0.15, 0.2) is 0 Å². The summed E-state index contributed by atoms with van der Waals surface area (Å²) < 4.78 is 1.25. The molecular formula is C38H81NNa2+4. The van der Waals surface area contributed by atoms with Gasteiger partial charge in [0.15, 0.2) is 0 Å². The van der Waals surface area contributed by atoms with Crippen LogP contribution in [0.4, 0.5) is 0 Å². The van der Waals surface area contributed by atoms with Crippen LogP contribution in [0.1, 0.15) is 221 Å². The monoisotopic (exact) mass is 598 g/mol. The number of hydrogen-bond acceptors (Lipinski definition) is 0. The van der Waals surface area contributed by atoms with E-state index in [1.807, 2.05) is 0 Å². The maximum Gasteiger partial charge on any atom is 1.00 e. The van der Waals surface area contributed by atoms with E-state index in [-0.39, 0.29) is 60.5 Å². The summed E-state index contributed by atoms with van der Waals surface area (Å²) in [6.07, 6.45) is 46.9. The molecule has 0 saturated carbocycles. The first-order valence-electron chi connectivity index (χ1n) is 18.9. The average molecular weight is 598 g/mol. The van der Waals surface area contributed by atoms with Gasteiger partial charge in [0.25, 0.3) is 0 Å². The Balaban J connectivity index is -0.00000241. The van der Waals surface area contributed by atoms with Crippen molar-refractivity contribution in [1.29, 1.82) is 0 Å². The quantitative estimate of drug-likeness (QED) is 0.0405. The van der Waals surface area contributed by atoms with Crippen molar-refractivity contribution in [2.45, 2.75) is 219 Å². The first-order valence-corrected chi connectivity index (χ1v) is 18.9. The van der Waals surface area contributed by atoms with Crippen molar-refractivity contribution in [1.82, 2.24) is 0 Å². The van der Waals surface area contributed by atoms with Crippen molar-refractivity contribution in [3.05, 3.63) is 0 Å². The minimum absolute atomic E-state index is 0. The molecule has 0 aromatic heterocycles. The molecule has 0 fully saturated rings. The number of quaternary nitrogens is 1. The summed E-state index contributed by atoms with van der Waals surface area (Å²) in [5.41, 5.74) is 0. The van der Waals surface area contributed by atoms with Gasteiger partial charge in [0.05, 0.1) is 27.2 Å². The molecule has 0 aromatic rings. The smallest absolute Gasteiger partial charge is 0.328 e. The van der Waals surface area contributed by atoms with Gasteiger partial charge in [-0.15, -0.1) is 0 Å². The molecule has 236 valence electrons. The van der Waals surface area contributed by atoms with E-state index in [9.17, 15) is 0 Å². The molecule has 0 spiro atoms. The second kappa shape index (κ2) is 40.0. The summed E-state index contributed by atoms with van der Waals surface area (Å²) in [7, 11) is 4.94. The third-order valence-electron chi connectivity index (χ3n) is 9.23. The molecule has 0 heterocycles. The summed E-state index contributed by atoms with van der Waals surface area (Å²) >= 11 is 0. The molecule has 41 heavy (non-hydrogen) atoms. The topological polar surface area (TPSA) is 0 Å². The van der Waals surface area contributed by atoms with E-state index in [2.05, 4.69) is 27.9 Å². The molecule has 0 N–H and O–H groups in total. The van der Waals surface area contributed by atoms with Crippen LogP contribution in [0.2, 0.25) is 0 Å². The van der Waals surface area contributed by atoms with E-state index in [1.165, 1.54) is 223 Å². The number of hydrogen-bond donors (Lipinski definition) is 0. The van der Waals surface area contributed by atoms with Gasteiger partial charge in [-0.3, -0.25) is 0 Å². The van der Waals surface area contributed by atoms with Crippen LogP contribution >= 0.6 is 0 Å². The summed E-state index contributed by atoms with van der Waals surface area (Å²) in [4.78, 5) is 0. The van der Waals surface area contributed by atoms with E-state index in [0.717, 1.165) is 0 Å². The Kier molecular flexibility index (Phi) is 46.2. The predicted octanol–water partition coefficient (Wildman–Crippen LogP) is 7.71. The zero-order valence-electron chi connectivity index (χ0n) is 31.5. The summed E-state index contributed by atoms with van der Waals surface area (Å²) in [5, 5.41) is 0. The van der Waals surface area contributed by atoms with E-state index in [4.69, 9.17) is 0 Å². The van der Waals surface area contributed by atoms with Gasteiger partial charge in [-0.2, -0.15) is 0 Å². The first kappa shape index (κ1) is 47.4. The van der Waals surface area contributed by atoms with Crippen LogP contribution in [0.25, 0.3) is 0 Å². The average Bonchev–Trinajstić information content (AvgIpc) is 2.92. The molecule has 0 aliphatic rings. The van der Waals surface area contributed by atoms with E-state index < -0.39 is 0 Å². The van der Waals surface area contributed by atoms with Gasteiger partial charge < -0.3 is 4.48 Å². The van der Waals surface area contributed by atoms with Gasteiger partial charge in [0, 0.05) is 0 Å². The third kappa shape index (κ3) is 42.0. The van der Waals surface area contributed by atoms with E-state index in [0.29, 0.717) is 0 Å². The SMILES string of the molecule is CCCCCCCCCCCCCCCCCC[N+](C)(C)CCCCCCCCCCCCCCCCCC.[H+].[Na+].[Na+]. The summed E-state index contributed by atoms with van der Waals surface area (Å²) in [6, 6.07) is 0. The Morgan fingerprint density at radius 3 is 0.585 bits per heavy atom. The number of unbranched alkanes of at least 4 members (excludes halogenated alkanes) is 30. The van der Waals surface area contributed by atoms with Crippen molar-refractivity contribution in [3.8, 4) is 0 Å². The molecule has 0 rings (SSSR count). The normalized spacial score (nSPS) is 11.4. The van der Waals surface area contributed by atoms with Crippen LogP contribution in [0.3, 0.4) is 0 Å². The molecule has 0 radical (unpaired) electrons. The fourth-order valence-electron chi connectivity index (χ4n) is 6.29. The molecule has 0 aliphatic heterocycles. The van der Waals surface area contributed by atoms with Crippen LogP contribution in [0.5, 0.6) is 0 Å². The third-order valence-corrected chi connectivity index (χ3v) is 9.23. The summed E-state index contributed by atoms with van der Waals surface area (Å²) in [6.45, 7) is 7.39. The molecule has 0 bridgehead atoms. The number of rotatable bonds is 34. The standard InChI is InChI=1S/C38H80N.2Na/c1-5-7-9-11-13-15-17-19-21-23-25-27-29-31-33-35-37-39(3,4)38-36-34-32-30-28-26-24-22-20-18-16-14-12-10-8-6-2;;/h5-38H2,1-4H3;;/q3*+1/p+1. The second-order valence-corrected chi connectivity index (χ2v) is 14.0. The van der Waals surface area contributed by atoms with Gasteiger partial charge in [-0.05, 0) is 25.7 Å².